The van der Waals surface area contributed by atoms with E-state index in [4.69, 9.17) is 4.42 Å². The Morgan fingerprint density at radius 3 is 2.58 bits per heavy atom. The van der Waals surface area contributed by atoms with Crippen LogP contribution in [-0.2, 0) is 13.0 Å². The van der Waals surface area contributed by atoms with Gasteiger partial charge in [0.1, 0.15) is 29.1 Å². The minimum atomic E-state index is -0.0916. The van der Waals surface area contributed by atoms with Crippen LogP contribution >= 0.6 is 11.3 Å². The molecule has 3 aromatic rings. The molecule has 138 valence electrons. The highest BCUT2D eigenvalue weighted by Gasteiger charge is 2.21. The summed E-state index contributed by atoms with van der Waals surface area (Å²) in [5, 5.41) is 13.8. The second-order valence-corrected chi connectivity index (χ2v) is 7.36. The Morgan fingerprint density at radius 1 is 1.27 bits per heavy atom. The molecule has 5 nitrogen and oxygen atoms in total. The lowest BCUT2D eigenvalue weighted by Crippen LogP contribution is -3.10. The fourth-order valence-electron chi connectivity index (χ4n) is 3.20. The van der Waals surface area contributed by atoms with Crippen molar-refractivity contribution in [3.8, 4) is 16.3 Å². The predicted octanol–water partition coefficient (Wildman–Crippen LogP) is 2.92. The molecule has 26 heavy (non-hydrogen) atoms. The SMILES string of the molecule is CCc1cc2c(=O)c(-c3nc(C)cs3)coc2c(C[NH+](CC)CC)c1O. The third-order valence-electron chi connectivity index (χ3n) is 4.87. The molecule has 0 atom stereocenters. The van der Waals surface area contributed by atoms with Gasteiger partial charge in [-0.1, -0.05) is 6.92 Å². The van der Waals surface area contributed by atoms with Crippen molar-refractivity contribution in [2.45, 2.75) is 40.7 Å². The van der Waals surface area contributed by atoms with Crippen molar-refractivity contribution in [1.29, 1.82) is 0 Å². The molecule has 3 rings (SSSR count). The van der Waals surface area contributed by atoms with E-state index < -0.39 is 0 Å². The first-order chi connectivity index (χ1) is 12.5. The van der Waals surface area contributed by atoms with E-state index in [1.165, 1.54) is 22.5 Å². The smallest absolute Gasteiger partial charge is 0.202 e. The van der Waals surface area contributed by atoms with Gasteiger partial charge in [0.2, 0.25) is 5.43 Å². The molecule has 0 radical (unpaired) electrons. The minimum absolute atomic E-state index is 0.0916. The Balaban J connectivity index is 2.25. The first-order valence-electron chi connectivity index (χ1n) is 9.05. The molecule has 0 saturated heterocycles. The number of aryl methyl sites for hydroxylation is 2. The van der Waals surface area contributed by atoms with E-state index >= 15 is 0 Å². The zero-order valence-electron chi connectivity index (χ0n) is 15.7. The molecule has 0 amide bonds. The number of thiazole rings is 1. The van der Waals surface area contributed by atoms with E-state index in [9.17, 15) is 9.90 Å². The van der Waals surface area contributed by atoms with Crippen LogP contribution in [0.25, 0.3) is 21.5 Å². The molecule has 6 heteroatoms. The van der Waals surface area contributed by atoms with E-state index in [1.807, 2.05) is 19.2 Å². The molecule has 0 aliphatic heterocycles. The number of aromatic hydroxyl groups is 1. The van der Waals surface area contributed by atoms with Crippen molar-refractivity contribution in [3.63, 3.8) is 0 Å². The Morgan fingerprint density at radius 2 is 2.00 bits per heavy atom. The summed E-state index contributed by atoms with van der Waals surface area (Å²) < 4.78 is 5.88. The van der Waals surface area contributed by atoms with Crippen LogP contribution in [-0.4, -0.2) is 23.2 Å². The third kappa shape index (κ3) is 3.27. The van der Waals surface area contributed by atoms with Crippen LogP contribution in [0.2, 0.25) is 0 Å². The summed E-state index contributed by atoms with van der Waals surface area (Å²) in [6, 6.07) is 1.77. The molecular formula is C20H25N2O3S+. The van der Waals surface area contributed by atoms with Crippen molar-refractivity contribution in [2.24, 2.45) is 0 Å². The number of benzene rings is 1. The summed E-state index contributed by atoms with van der Waals surface area (Å²) in [6.45, 7) is 10.6. The number of nitrogens with one attached hydrogen (secondary N) is 1. The van der Waals surface area contributed by atoms with Crippen LogP contribution in [0.3, 0.4) is 0 Å². The fourth-order valence-corrected chi connectivity index (χ4v) is 4.00. The number of phenolic OH excluding ortho intramolecular Hbond substituents is 1. The molecule has 1 aromatic carbocycles. The van der Waals surface area contributed by atoms with Crippen molar-refractivity contribution >= 4 is 22.3 Å². The van der Waals surface area contributed by atoms with Gasteiger partial charge in [-0.15, -0.1) is 11.3 Å². The van der Waals surface area contributed by atoms with Crippen LogP contribution in [0.4, 0.5) is 0 Å². The molecule has 2 aromatic heterocycles. The van der Waals surface area contributed by atoms with E-state index in [-0.39, 0.29) is 11.2 Å². The molecule has 0 saturated carbocycles. The number of quaternary nitrogens is 1. The van der Waals surface area contributed by atoms with Gasteiger partial charge in [0.15, 0.2) is 0 Å². The number of fused-ring (bicyclic) bond motifs is 1. The first kappa shape index (κ1) is 18.6. The standard InChI is InChI=1S/C20H24N2O3S/c1-5-13-8-14-18(24)16(20-21-12(4)11-26-20)10-25-19(14)15(17(13)23)9-22(6-2)7-3/h8,10-11,23H,5-7,9H2,1-4H3/p+1. The van der Waals surface area contributed by atoms with Gasteiger partial charge in [0, 0.05) is 11.1 Å². The van der Waals surface area contributed by atoms with Gasteiger partial charge < -0.3 is 14.4 Å². The first-order valence-corrected chi connectivity index (χ1v) is 9.93. The van der Waals surface area contributed by atoms with Gasteiger partial charge in [-0.25, -0.2) is 4.98 Å². The molecule has 0 fully saturated rings. The van der Waals surface area contributed by atoms with E-state index in [0.29, 0.717) is 34.5 Å². The second-order valence-electron chi connectivity index (χ2n) is 6.50. The molecule has 0 bridgehead atoms. The molecule has 0 aliphatic rings. The van der Waals surface area contributed by atoms with Crippen LogP contribution in [0.5, 0.6) is 5.75 Å². The number of hydrogen-bond donors (Lipinski definition) is 2. The third-order valence-corrected chi connectivity index (χ3v) is 5.86. The predicted molar refractivity (Wildman–Crippen MR) is 105 cm³/mol. The van der Waals surface area contributed by atoms with Gasteiger partial charge in [-0.05, 0) is 38.8 Å². The highest BCUT2D eigenvalue weighted by Crippen LogP contribution is 2.32. The zero-order chi connectivity index (χ0) is 18.8. The fraction of sp³-hybridized carbons (Fsp3) is 0.400. The molecular weight excluding hydrogens is 348 g/mol. The summed E-state index contributed by atoms with van der Waals surface area (Å²) in [5.41, 5.74) is 3.25. The summed E-state index contributed by atoms with van der Waals surface area (Å²) >= 11 is 1.44. The number of aromatic nitrogens is 1. The minimum Gasteiger partial charge on any atom is -0.507 e. The van der Waals surface area contributed by atoms with Crippen LogP contribution in [0, 0.1) is 6.92 Å². The van der Waals surface area contributed by atoms with Gasteiger partial charge in [0.05, 0.1) is 29.6 Å². The highest BCUT2D eigenvalue weighted by molar-refractivity contribution is 7.13. The maximum Gasteiger partial charge on any atom is 0.202 e. The lowest BCUT2D eigenvalue weighted by atomic mass is 10.0. The largest absolute Gasteiger partial charge is 0.507 e. The van der Waals surface area contributed by atoms with Crippen molar-refractivity contribution < 1.29 is 14.4 Å². The molecule has 2 heterocycles. The van der Waals surface area contributed by atoms with Gasteiger partial charge in [0.25, 0.3) is 0 Å². The number of nitrogens with zero attached hydrogens (tertiary/aromatic N) is 1. The Kier molecular flexibility index (Phi) is 5.44. The second kappa shape index (κ2) is 7.60. The molecule has 2 N–H and O–H groups in total. The summed E-state index contributed by atoms with van der Waals surface area (Å²) in [6.07, 6.45) is 2.14. The van der Waals surface area contributed by atoms with E-state index in [0.717, 1.165) is 29.9 Å². The van der Waals surface area contributed by atoms with E-state index in [2.05, 4.69) is 18.8 Å². The lowest BCUT2D eigenvalue weighted by Gasteiger charge is -2.18. The van der Waals surface area contributed by atoms with Gasteiger partial charge in [-0.3, -0.25) is 4.79 Å². The van der Waals surface area contributed by atoms with Crippen LogP contribution in [0.1, 0.15) is 37.6 Å². The Labute approximate surface area is 156 Å². The summed E-state index contributed by atoms with van der Waals surface area (Å²) in [5.74, 6) is 0.250. The monoisotopic (exact) mass is 373 g/mol. The Hall–Kier alpha value is -2.18. The average molecular weight is 373 g/mol. The van der Waals surface area contributed by atoms with Crippen molar-refractivity contribution in [2.75, 3.05) is 13.1 Å². The highest BCUT2D eigenvalue weighted by atomic mass is 32.1. The van der Waals surface area contributed by atoms with Crippen LogP contribution < -0.4 is 10.3 Å². The number of phenols is 1. The maximum atomic E-state index is 13.1. The Bertz CT molecular complexity index is 987. The normalized spacial score (nSPS) is 11.6. The average Bonchev–Trinajstić information content (AvgIpc) is 3.07. The summed E-state index contributed by atoms with van der Waals surface area (Å²) in [7, 11) is 0. The summed E-state index contributed by atoms with van der Waals surface area (Å²) in [4.78, 5) is 18.8. The van der Waals surface area contributed by atoms with Crippen molar-refractivity contribution in [1.82, 2.24) is 4.98 Å². The van der Waals surface area contributed by atoms with Crippen molar-refractivity contribution in [3.05, 3.63) is 44.8 Å². The molecule has 0 aliphatic carbocycles. The topological polar surface area (TPSA) is 67.8 Å². The molecule has 0 unspecified atom stereocenters. The number of hydrogen-bond acceptors (Lipinski definition) is 5. The zero-order valence-corrected chi connectivity index (χ0v) is 16.5. The number of rotatable bonds is 6. The molecule has 0 spiro atoms. The van der Waals surface area contributed by atoms with Gasteiger partial charge >= 0.3 is 0 Å². The van der Waals surface area contributed by atoms with Crippen LogP contribution in [0.15, 0.2) is 26.9 Å². The lowest BCUT2D eigenvalue weighted by molar-refractivity contribution is -0.910. The van der Waals surface area contributed by atoms with Gasteiger partial charge in [-0.2, -0.15) is 0 Å². The van der Waals surface area contributed by atoms with E-state index in [1.54, 1.807) is 6.07 Å². The maximum absolute atomic E-state index is 13.1. The quantitative estimate of drug-likeness (QED) is 0.697.